The van der Waals surface area contributed by atoms with Gasteiger partial charge < -0.3 is 28.5 Å². The van der Waals surface area contributed by atoms with E-state index in [9.17, 15) is 0 Å². The maximum atomic E-state index is 5.99. The van der Waals surface area contributed by atoms with Gasteiger partial charge in [0.25, 0.3) is 0 Å². The molecule has 3 rings (SSSR count). The second kappa shape index (κ2) is 5.46. The molecule has 2 aromatic heterocycles. The maximum absolute atomic E-state index is 5.99. The Kier molecular flexibility index (Phi) is 4.10. The van der Waals surface area contributed by atoms with Crippen molar-refractivity contribution in [3.63, 3.8) is 0 Å². The molecule has 0 atom stereocenters. The smallest absolute Gasteiger partial charge is 0.169 e. The van der Waals surface area contributed by atoms with Crippen LogP contribution in [0.15, 0.2) is 42.7 Å². The molecule has 5 heteroatoms. The predicted molar refractivity (Wildman–Crippen MR) is 72.3 cm³/mol. The lowest BCUT2D eigenvalue weighted by atomic mass is 10.2. The average Bonchev–Trinajstić information content (AvgIpc) is 2.67. The van der Waals surface area contributed by atoms with Gasteiger partial charge in [-0.3, -0.25) is 0 Å². The number of benzene rings is 1. The van der Waals surface area contributed by atoms with E-state index in [0.717, 1.165) is 22.4 Å². The van der Waals surface area contributed by atoms with Crippen molar-refractivity contribution in [3.8, 4) is 11.4 Å². The van der Waals surface area contributed by atoms with Gasteiger partial charge in [0.05, 0.1) is 11.0 Å². The monoisotopic (exact) mass is 385 g/mol. The lowest BCUT2D eigenvalue weighted by molar-refractivity contribution is -0.671. The second-order valence-corrected chi connectivity index (χ2v) is 4.82. The van der Waals surface area contributed by atoms with Crippen molar-refractivity contribution in [2.75, 3.05) is 0 Å². The standard InChI is InChI=1S/C14H13ClN3.HI/c1-17-7-5-10(6-8-17)14-16-12-9-11(15)3-4-13(12)18(14)2;/h3-9H,1-2H3;1H/q+1;/p-1. The zero-order valence-electron chi connectivity index (χ0n) is 10.6. The summed E-state index contributed by atoms with van der Waals surface area (Å²) in [5.41, 5.74) is 3.11. The lowest BCUT2D eigenvalue weighted by Crippen LogP contribution is -3.00. The summed E-state index contributed by atoms with van der Waals surface area (Å²) in [7, 11) is 4.02. The molecule has 19 heavy (non-hydrogen) atoms. The fourth-order valence-corrected chi connectivity index (χ4v) is 2.25. The highest BCUT2D eigenvalue weighted by Gasteiger charge is 2.10. The molecule has 3 nitrogen and oxygen atoms in total. The molecular weight excluding hydrogens is 373 g/mol. The van der Waals surface area contributed by atoms with Crippen molar-refractivity contribution < 1.29 is 28.5 Å². The van der Waals surface area contributed by atoms with Crippen molar-refractivity contribution in [2.24, 2.45) is 14.1 Å². The van der Waals surface area contributed by atoms with Crippen molar-refractivity contribution in [1.82, 2.24) is 9.55 Å². The topological polar surface area (TPSA) is 21.7 Å². The first kappa shape index (κ1) is 14.3. The number of pyridine rings is 1. The van der Waals surface area contributed by atoms with Crippen LogP contribution in [0, 0.1) is 0 Å². The number of hydrogen-bond acceptors (Lipinski definition) is 1. The Morgan fingerprint density at radius 2 is 1.84 bits per heavy atom. The normalized spacial score (nSPS) is 10.5. The molecule has 0 N–H and O–H groups in total. The average molecular weight is 386 g/mol. The quantitative estimate of drug-likeness (QED) is 0.417. The maximum Gasteiger partial charge on any atom is 0.169 e. The number of nitrogens with zero attached hydrogens (tertiary/aromatic N) is 3. The molecule has 0 radical (unpaired) electrons. The van der Waals surface area contributed by atoms with E-state index in [0.29, 0.717) is 5.02 Å². The number of imidazole rings is 1. The van der Waals surface area contributed by atoms with E-state index in [2.05, 4.69) is 21.7 Å². The molecule has 0 bridgehead atoms. The molecule has 0 aliphatic rings. The minimum absolute atomic E-state index is 0. The second-order valence-electron chi connectivity index (χ2n) is 4.38. The van der Waals surface area contributed by atoms with Crippen LogP contribution >= 0.6 is 11.6 Å². The number of aryl methyl sites for hydroxylation is 2. The van der Waals surface area contributed by atoms with E-state index in [1.807, 2.05) is 49.3 Å². The van der Waals surface area contributed by atoms with Gasteiger partial charge in [-0.2, -0.15) is 0 Å². The molecular formula is C14H13ClIN3. The highest BCUT2D eigenvalue weighted by atomic mass is 127. The summed E-state index contributed by atoms with van der Waals surface area (Å²) in [6.07, 6.45) is 4.03. The molecule has 3 aromatic rings. The van der Waals surface area contributed by atoms with Crippen LogP contribution in [-0.4, -0.2) is 9.55 Å². The highest BCUT2D eigenvalue weighted by Crippen LogP contribution is 2.24. The summed E-state index contributed by atoms with van der Waals surface area (Å²) in [5.74, 6) is 0.952. The first-order valence-corrected chi connectivity index (χ1v) is 6.10. The SMILES string of the molecule is Cn1c(-c2cc[n+](C)cc2)nc2cc(Cl)ccc21.[I-]. The predicted octanol–water partition coefficient (Wildman–Crippen LogP) is -0.278. The molecule has 98 valence electrons. The van der Waals surface area contributed by atoms with Gasteiger partial charge in [-0.25, -0.2) is 9.55 Å². The van der Waals surface area contributed by atoms with Gasteiger partial charge in [0.1, 0.15) is 12.9 Å². The zero-order chi connectivity index (χ0) is 12.7. The molecule has 0 fully saturated rings. The Morgan fingerprint density at radius 3 is 2.53 bits per heavy atom. The first-order valence-electron chi connectivity index (χ1n) is 5.73. The summed E-state index contributed by atoms with van der Waals surface area (Å²) in [6, 6.07) is 9.90. The third kappa shape index (κ3) is 2.60. The van der Waals surface area contributed by atoms with E-state index in [1.165, 1.54) is 0 Å². The van der Waals surface area contributed by atoms with Crippen LogP contribution < -0.4 is 28.5 Å². The van der Waals surface area contributed by atoms with Crippen molar-refractivity contribution >= 4 is 22.6 Å². The highest BCUT2D eigenvalue weighted by molar-refractivity contribution is 6.31. The molecule has 0 spiro atoms. The summed E-state index contributed by atoms with van der Waals surface area (Å²) in [5, 5.41) is 0.714. The number of aromatic nitrogens is 3. The molecule has 0 amide bonds. The fourth-order valence-electron chi connectivity index (χ4n) is 2.08. The Hall–Kier alpha value is -1.14. The van der Waals surface area contributed by atoms with Crippen LogP contribution in [0.2, 0.25) is 5.02 Å². The minimum atomic E-state index is 0. The summed E-state index contributed by atoms with van der Waals surface area (Å²) < 4.78 is 4.09. The summed E-state index contributed by atoms with van der Waals surface area (Å²) >= 11 is 5.99. The number of hydrogen-bond donors (Lipinski definition) is 0. The zero-order valence-corrected chi connectivity index (χ0v) is 13.6. The third-order valence-electron chi connectivity index (χ3n) is 3.08. The Morgan fingerprint density at radius 1 is 1.16 bits per heavy atom. The van der Waals surface area contributed by atoms with E-state index in [1.54, 1.807) is 0 Å². The van der Waals surface area contributed by atoms with Gasteiger partial charge >= 0.3 is 0 Å². The first-order chi connectivity index (χ1) is 8.65. The molecule has 0 aliphatic carbocycles. The van der Waals surface area contributed by atoms with Crippen LogP contribution in [0.5, 0.6) is 0 Å². The number of rotatable bonds is 1. The van der Waals surface area contributed by atoms with Gasteiger partial charge in [0.15, 0.2) is 12.4 Å². The number of fused-ring (bicyclic) bond motifs is 1. The molecule has 0 saturated heterocycles. The Balaban J connectivity index is 0.00000133. The molecule has 2 heterocycles. The van der Waals surface area contributed by atoms with Crippen LogP contribution in [-0.2, 0) is 14.1 Å². The summed E-state index contributed by atoms with van der Waals surface area (Å²) in [4.78, 5) is 4.64. The van der Waals surface area contributed by atoms with Crippen molar-refractivity contribution in [3.05, 3.63) is 47.7 Å². The summed E-state index contributed by atoms with van der Waals surface area (Å²) in [6.45, 7) is 0. The van der Waals surface area contributed by atoms with Gasteiger partial charge in [0, 0.05) is 29.8 Å². The number of halogens is 2. The van der Waals surface area contributed by atoms with E-state index >= 15 is 0 Å². The third-order valence-corrected chi connectivity index (χ3v) is 3.31. The van der Waals surface area contributed by atoms with Crippen LogP contribution in [0.3, 0.4) is 0 Å². The Bertz CT molecular complexity index is 719. The Labute approximate surface area is 133 Å². The van der Waals surface area contributed by atoms with Gasteiger partial charge in [-0.15, -0.1) is 0 Å². The largest absolute Gasteiger partial charge is 1.00 e. The van der Waals surface area contributed by atoms with E-state index in [-0.39, 0.29) is 24.0 Å². The van der Waals surface area contributed by atoms with Crippen LogP contribution in [0.1, 0.15) is 0 Å². The van der Waals surface area contributed by atoms with Crippen molar-refractivity contribution in [2.45, 2.75) is 0 Å². The molecule has 0 unspecified atom stereocenters. The molecule has 0 aliphatic heterocycles. The minimum Gasteiger partial charge on any atom is -1.00 e. The molecule has 1 aromatic carbocycles. The van der Waals surface area contributed by atoms with Gasteiger partial charge in [0.2, 0.25) is 0 Å². The van der Waals surface area contributed by atoms with Gasteiger partial charge in [-0.1, -0.05) is 11.6 Å². The van der Waals surface area contributed by atoms with E-state index in [4.69, 9.17) is 11.6 Å². The van der Waals surface area contributed by atoms with Gasteiger partial charge in [-0.05, 0) is 18.2 Å². The lowest BCUT2D eigenvalue weighted by Gasteiger charge is -2.01. The van der Waals surface area contributed by atoms with Crippen molar-refractivity contribution in [1.29, 1.82) is 0 Å². The van der Waals surface area contributed by atoms with E-state index < -0.39 is 0 Å². The van der Waals surface area contributed by atoms with Crippen LogP contribution in [0.25, 0.3) is 22.4 Å². The fraction of sp³-hybridized carbons (Fsp3) is 0.143. The molecule has 0 saturated carbocycles. The van der Waals surface area contributed by atoms with Crippen LogP contribution in [0.4, 0.5) is 0 Å².